The minimum atomic E-state index is 0.735. The lowest BCUT2D eigenvalue weighted by molar-refractivity contribution is 1.01. The molecule has 0 bridgehead atoms. The first-order valence-corrected chi connectivity index (χ1v) is 5.37. The fraction of sp³-hybridized carbons (Fsp3) is 0.385. The monoisotopic (exact) mass is 187 g/mol. The summed E-state index contributed by atoms with van der Waals surface area (Å²) in [5.74, 6) is 0.845. The summed E-state index contributed by atoms with van der Waals surface area (Å²) in [6.45, 7) is 0.735. The van der Waals surface area contributed by atoms with Gasteiger partial charge in [0.1, 0.15) is 0 Å². The van der Waals surface area contributed by atoms with E-state index in [4.69, 9.17) is 5.73 Å². The molecule has 1 nitrogen and oxygen atoms in total. The van der Waals surface area contributed by atoms with Crippen LogP contribution in [-0.4, -0.2) is 6.54 Å². The molecule has 0 aliphatic heterocycles. The van der Waals surface area contributed by atoms with Gasteiger partial charge in [-0.15, -0.1) is 0 Å². The van der Waals surface area contributed by atoms with Gasteiger partial charge in [0.15, 0.2) is 0 Å². The van der Waals surface area contributed by atoms with Crippen molar-refractivity contribution in [2.45, 2.75) is 25.2 Å². The van der Waals surface area contributed by atoms with Gasteiger partial charge in [-0.1, -0.05) is 36.4 Å². The van der Waals surface area contributed by atoms with Crippen molar-refractivity contribution in [2.24, 2.45) is 5.73 Å². The van der Waals surface area contributed by atoms with Crippen LogP contribution in [-0.2, 0) is 0 Å². The van der Waals surface area contributed by atoms with Crippen LogP contribution in [0.15, 0.2) is 30.3 Å². The lowest BCUT2D eigenvalue weighted by Gasteiger charge is -1.99. The molecule has 0 radical (unpaired) electrons. The second-order valence-electron chi connectivity index (χ2n) is 3.92. The van der Waals surface area contributed by atoms with Crippen LogP contribution < -0.4 is 5.73 Å². The smallest absolute Gasteiger partial charge is 0.00425 e. The lowest BCUT2D eigenvalue weighted by Crippen LogP contribution is -1.94. The van der Waals surface area contributed by atoms with Crippen LogP contribution in [0, 0.1) is 0 Å². The van der Waals surface area contributed by atoms with E-state index in [0.717, 1.165) is 18.9 Å². The van der Waals surface area contributed by atoms with Gasteiger partial charge in [0.05, 0.1) is 0 Å². The van der Waals surface area contributed by atoms with Crippen molar-refractivity contribution in [1.29, 1.82) is 0 Å². The average molecular weight is 187 g/mol. The van der Waals surface area contributed by atoms with E-state index in [1.54, 1.807) is 0 Å². The van der Waals surface area contributed by atoms with Crippen LogP contribution in [0.25, 0.3) is 6.08 Å². The average Bonchev–Trinajstić information content (AvgIpc) is 3.02. The quantitative estimate of drug-likeness (QED) is 0.770. The summed E-state index contributed by atoms with van der Waals surface area (Å²) in [4.78, 5) is 0. The predicted molar refractivity (Wildman–Crippen MR) is 61.1 cm³/mol. The largest absolute Gasteiger partial charge is 0.330 e. The molecule has 0 amide bonds. The first-order valence-electron chi connectivity index (χ1n) is 5.37. The highest BCUT2D eigenvalue weighted by Gasteiger charge is 2.22. The molecule has 0 spiro atoms. The van der Waals surface area contributed by atoms with Crippen molar-refractivity contribution in [3.8, 4) is 0 Å². The molecule has 2 rings (SSSR count). The Morgan fingerprint density at radius 2 is 2.21 bits per heavy atom. The molecular formula is C13H17N. The third kappa shape index (κ3) is 2.46. The fourth-order valence-corrected chi connectivity index (χ4v) is 1.65. The Kier molecular flexibility index (Phi) is 3.00. The zero-order valence-corrected chi connectivity index (χ0v) is 8.45. The Morgan fingerprint density at radius 1 is 1.36 bits per heavy atom. The van der Waals surface area contributed by atoms with E-state index >= 15 is 0 Å². The van der Waals surface area contributed by atoms with Crippen molar-refractivity contribution in [3.05, 3.63) is 41.5 Å². The van der Waals surface area contributed by atoms with Crippen LogP contribution in [0.4, 0.5) is 0 Å². The SMILES string of the molecule is NCCC=Cc1cccc(C2CC2)c1. The highest BCUT2D eigenvalue weighted by atomic mass is 14.5. The standard InChI is InChI=1S/C13H17N/c14-9-2-1-4-11-5-3-6-13(10-11)12-7-8-12/h1,3-6,10,12H,2,7-9,14H2. The van der Waals surface area contributed by atoms with E-state index in [1.165, 1.54) is 24.0 Å². The van der Waals surface area contributed by atoms with Crippen molar-refractivity contribution >= 4 is 6.08 Å². The minimum Gasteiger partial charge on any atom is -0.330 e. The maximum absolute atomic E-state index is 5.43. The van der Waals surface area contributed by atoms with E-state index in [-0.39, 0.29) is 0 Å². The molecule has 0 heterocycles. The molecular weight excluding hydrogens is 170 g/mol. The van der Waals surface area contributed by atoms with E-state index in [2.05, 4.69) is 36.4 Å². The second-order valence-corrected chi connectivity index (χ2v) is 3.92. The molecule has 1 heteroatoms. The van der Waals surface area contributed by atoms with E-state index < -0.39 is 0 Å². The molecule has 1 aromatic rings. The number of nitrogens with two attached hydrogens (primary N) is 1. The van der Waals surface area contributed by atoms with Gasteiger partial charge in [-0.3, -0.25) is 0 Å². The summed E-state index contributed by atoms with van der Waals surface area (Å²) in [6.07, 6.45) is 8.02. The van der Waals surface area contributed by atoms with Crippen molar-refractivity contribution < 1.29 is 0 Å². The molecule has 0 saturated heterocycles. The molecule has 1 aliphatic rings. The van der Waals surface area contributed by atoms with Crippen LogP contribution in [0.5, 0.6) is 0 Å². The molecule has 1 saturated carbocycles. The third-order valence-electron chi connectivity index (χ3n) is 2.60. The molecule has 0 atom stereocenters. The van der Waals surface area contributed by atoms with Crippen molar-refractivity contribution in [1.82, 2.24) is 0 Å². The summed E-state index contributed by atoms with van der Waals surface area (Å²) in [7, 11) is 0. The molecule has 1 aliphatic carbocycles. The summed E-state index contributed by atoms with van der Waals surface area (Å²) >= 11 is 0. The van der Waals surface area contributed by atoms with Gasteiger partial charge in [-0.25, -0.2) is 0 Å². The van der Waals surface area contributed by atoms with Gasteiger partial charge in [0.25, 0.3) is 0 Å². The molecule has 0 unspecified atom stereocenters. The molecule has 0 aromatic heterocycles. The van der Waals surface area contributed by atoms with Gasteiger partial charge in [-0.05, 0) is 42.9 Å². The first-order chi connectivity index (χ1) is 6.90. The van der Waals surface area contributed by atoms with Crippen LogP contribution in [0.3, 0.4) is 0 Å². The summed E-state index contributed by atoms with van der Waals surface area (Å²) < 4.78 is 0. The molecule has 1 fully saturated rings. The van der Waals surface area contributed by atoms with Gasteiger partial charge in [-0.2, -0.15) is 0 Å². The first kappa shape index (κ1) is 9.47. The Morgan fingerprint density at radius 3 is 2.93 bits per heavy atom. The van der Waals surface area contributed by atoms with Gasteiger partial charge in [0, 0.05) is 0 Å². The van der Waals surface area contributed by atoms with E-state index in [0.29, 0.717) is 0 Å². The van der Waals surface area contributed by atoms with Gasteiger partial charge in [0.2, 0.25) is 0 Å². The van der Waals surface area contributed by atoms with E-state index in [1.807, 2.05) is 0 Å². The Labute approximate surface area is 85.6 Å². The molecule has 1 aromatic carbocycles. The number of hydrogen-bond acceptors (Lipinski definition) is 1. The van der Waals surface area contributed by atoms with Crippen LogP contribution >= 0.6 is 0 Å². The topological polar surface area (TPSA) is 26.0 Å². The molecule has 2 N–H and O–H groups in total. The lowest BCUT2D eigenvalue weighted by atomic mass is 10.1. The van der Waals surface area contributed by atoms with Crippen molar-refractivity contribution in [3.63, 3.8) is 0 Å². The Hall–Kier alpha value is -1.08. The highest BCUT2D eigenvalue weighted by Crippen LogP contribution is 2.40. The summed E-state index contributed by atoms with van der Waals surface area (Å²) in [5, 5.41) is 0. The second kappa shape index (κ2) is 4.43. The normalized spacial score (nSPS) is 16.4. The third-order valence-corrected chi connectivity index (χ3v) is 2.60. The molecule has 14 heavy (non-hydrogen) atoms. The Balaban J connectivity index is 2.05. The molecule has 74 valence electrons. The summed E-state index contributed by atoms with van der Waals surface area (Å²) in [6, 6.07) is 8.83. The van der Waals surface area contributed by atoms with Crippen LogP contribution in [0.1, 0.15) is 36.3 Å². The fourth-order valence-electron chi connectivity index (χ4n) is 1.65. The highest BCUT2D eigenvalue weighted by molar-refractivity contribution is 5.51. The van der Waals surface area contributed by atoms with Gasteiger partial charge >= 0.3 is 0 Å². The maximum atomic E-state index is 5.43. The maximum Gasteiger partial charge on any atom is -0.00425 e. The Bertz CT molecular complexity index is 324. The summed E-state index contributed by atoms with van der Waals surface area (Å²) in [5.41, 5.74) is 8.24. The number of benzene rings is 1. The zero-order chi connectivity index (χ0) is 9.80. The van der Waals surface area contributed by atoms with Crippen LogP contribution in [0.2, 0.25) is 0 Å². The predicted octanol–water partition coefficient (Wildman–Crippen LogP) is 2.93. The minimum absolute atomic E-state index is 0.735. The number of hydrogen-bond donors (Lipinski definition) is 1. The van der Waals surface area contributed by atoms with Gasteiger partial charge < -0.3 is 5.73 Å². The number of rotatable bonds is 4. The van der Waals surface area contributed by atoms with Crippen molar-refractivity contribution in [2.75, 3.05) is 6.54 Å². The van der Waals surface area contributed by atoms with E-state index in [9.17, 15) is 0 Å². The zero-order valence-electron chi connectivity index (χ0n) is 8.45.